The molecule has 0 aliphatic carbocycles. The Morgan fingerprint density at radius 2 is 1.89 bits per heavy atom. The molecule has 3 rings (SSSR count). The summed E-state index contributed by atoms with van der Waals surface area (Å²) < 4.78 is 42.9. The van der Waals surface area contributed by atoms with Crippen LogP contribution in [0, 0.1) is 0 Å². The van der Waals surface area contributed by atoms with Crippen molar-refractivity contribution in [3.8, 4) is 5.75 Å². The lowest BCUT2D eigenvalue weighted by Gasteiger charge is -2.10. The van der Waals surface area contributed by atoms with E-state index in [-0.39, 0.29) is 23.6 Å². The van der Waals surface area contributed by atoms with E-state index in [1.807, 2.05) is 12.1 Å². The summed E-state index contributed by atoms with van der Waals surface area (Å²) >= 11 is 0. The van der Waals surface area contributed by atoms with Gasteiger partial charge in [0.25, 0.3) is 0 Å². The predicted molar refractivity (Wildman–Crippen MR) is 101 cm³/mol. The first-order valence-electron chi connectivity index (χ1n) is 8.41. The zero-order valence-electron chi connectivity index (χ0n) is 15.1. The number of furan rings is 1. The molecule has 8 heteroatoms. The topological polar surface area (TPSA) is 94.8 Å². The Morgan fingerprint density at radius 1 is 1.07 bits per heavy atom. The van der Waals surface area contributed by atoms with Crippen molar-refractivity contribution in [2.75, 3.05) is 7.11 Å². The largest absolute Gasteiger partial charge is 0.496 e. The van der Waals surface area contributed by atoms with Gasteiger partial charge in [0.15, 0.2) is 0 Å². The van der Waals surface area contributed by atoms with E-state index in [0.717, 1.165) is 0 Å². The third-order valence-corrected chi connectivity index (χ3v) is 5.35. The normalized spacial score (nSPS) is 11.2. The van der Waals surface area contributed by atoms with Crippen LogP contribution in [0.25, 0.3) is 0 Å². The molecular formula is C20H19NO6S. The van der Waals surface area contributed by atoms with Crippen LogP contribution in [0.15, 0.2) is 76.2 Å². The lowest BCUT2D eigenvalue weighted by atomic mass is 10.2. The van der Waals surface area contributed by atoms with Crippen molar-refractivity contribution in [2.45, 2.75) is 18.0 Å². The minimum atomic E-state index is -3.81. The number of sulfonamides is 1. The number of rotatable bonds is 8. The van der Waals surface area contributed by atoms with Crippen LogP contribution >= 0.6 is 0 Å². The summed E-state index contributed by atoms with van der Waals surface area (Å²) in [6.45, 7) is 0.0222. The number of hydrogen-bond donors (Lipinski definition) is 1. The molecule has 0 radical (unpaired) electrons. The molecule has 0 amide bonds. The Morgan fingerprint density at radius 3 is 2.64 bits per heavy atom. The van der Waals surface area contributed by atoms with Gasteiger partial charge in [-0.05, 0) is 36.4 Å². The van der Waals surface area contributed by atoms with Gasteiger partial charge in [0, 0.05) is 5.56 Å². The number of ether oxygens (including phenoxy) is 2. The number of para-hydroxylation sites is 1. The molecular weight excluding hydrogens is 382 g/mol. The number of carbonyl (C=O) groups excluding carboxylic acids is 1. The van der Waals surface area contributed by atoms with Crippen LogP contribution in [-0.4, -0.2) is 21.5 Å². The van der Waals surface area contributed by atoms with E-state index < -0.39 is 16.0 Å². The monoisotopic (exact) mass is 401 g/mol. The molecule has 0 saturated carbocycles. The maximum Gasteiger partial charge on any atom is 0.338 e. The van der Waals surface area contributed by atoms with E-state index in [0.29, 0.717) is 17.1 Å². The Hall–Kier alpha value is -3.10. The average molecular weight is 401 g/mol. The van der Waals surface area contributed by atoms with E-state index in [4.69, 9.17) is 13.9 Å². The van der Waals surface area contributed by atoms with E-state index >= 15 is 0 Å². The van der Waals surface area contributed by atoms with Gasteiger partial charge in [-0.3, -0.25) is 0 Å². The van der Waals surface area contributed by atoms with Crippen LogP contribution in [-0.2, 0) is 27.9 Å². The number of nitrogens with one attached hydrogen (secondary N) is 1. The van der Waals surface area contributed by atoms with E-state index in [2.05, 4.69) is 4.72 Å². The van der Waals surface area contributed by atoms with Gasteiger partial charge >= 0.3 is 5.97 Å². The van der Waals surface area contributed by atoms with E-state index in [1.165, 1.54) is 37.6 Å². The van der Waals surface area contributed by atoms with Gasteiger partial charge in [0.2, 0.25) is 10.0 Å². The summed E-state index contributed by atoms with van der Waals surface area (Å²) in [7, 11) is -2.28. The average Bonchev–Trinajstić information content (AvgIpc) is 3.24. The van der Waals surface area contributed by atoms with Gasteiger partial charge in [-0.2, -0.15) is 0 Å². The molecule has 0 aliphatic heterocycles. The molecule has 0 fully saturated rings. The number of carbonyl (C=O) groups is 1. The molecule has 0 bridgehead atoms. The molecule has 1 aromatic heterocycles. The Labute approximate surface area is 162 Å². The van der Waals surface area contributed by atoms with Crippen molar-refractivity contribution in [3.05, 3.63) is 83.8 Å². The minimum absolute atomic E-state index is 0.0105. The van der Waals surface area contributed by atoms with Crippen molar-refractivity contribution >= 4 is 16.0 Å². The van der Waals surface area contributed by atoms with Crippen molar-refractivity contribution in [3.63, 3.8) is 0 Å². The highest BCUT2D eigenvalue weighted by Crippen LogP contribution is 2.19. The lowest BCUT2D eigenvalue weighted by Crippen LogP contribution is -2.23. The summed E-state index contributed by atoms with van der Waals surface area (Å²) in [5.41, 5.74) is 0.845. The van der Waals surface area contributed by atoms with Gasteiger partial charge in [-0.15, -0.1) is 0 Å². The van der Waals surface area contributed by atoms with Gasteiger partial charge in [0.05, 0.1) is 30.4 Å². The van der Waals surface area contributed by atoms with Crippen LogP contribution in [0.3, 0.4) is 0 Å². The summed E-state index contributed by atoms with van der Waals surface area (Å²) in [5, 5.41) is 0. The first-order chi connectivity index (χ1) is 13.5. The first-order valence-corrected chi connectivity index (χ1v) is 9.89. The van der Waals surface area contributed by atoms with E-state index in [1.54, 1.807) is 24.3 Å². The van der Waals surface area contributed by atoms with Gasteiger partial charge in [-0.1, -0.05) is 24.3 Å². The van der Waals surface area contributed by atoms with Gasteiger partial charge in [-0.25, -0.2) is 17.9 Å². The summed E-state index contributed by atoms with van der Waals surface area (Å²) in [6.07, 6.45) is 1.46. The molecule has 146 valence electrons. The van der Waals surface area contributed by atoms with Crippen LogP contribution in [0.4, 0.5) is 0 Å². The number of methoxy groups -OCH3 is 1. The second-order valence-electron chi connectivity index (χ2n) is 5.82. The SMILES string of the molecule is COc1ccccc1COC(=O)c1cccc(S(=O)(=O)NCc2ccco2)c1. The molecule has 0 aliphatic rings. The molecule has 3 aromatic rings. The van der Waals surface area contributed by atoms with Gasteiger partial charge < -0.3 is 13.9 Å². The third kappa shape index (κ3) is 4.79. The number of benzene rings is 2. The highest BCUT2D eigenvalue weighted by Gasteiger charge is 2.17. The van der Waals surface area contributed by atoms with Crippen molar-refractivity contribution < 1.29 is 27.1 Å². The van der Waals surface area contributed by atoms with Crippen LogP contribution in [0.1, 0.15) is 21.7 Å². The molecule has 0 saturated heterocycles. The highest BCUT2D eigenvalue weighted by molar-refractivity contribution is 7.89. The predicted octanol–water partition coefficient (Wildman–Crippen LogP) is 3.12. The zero-order chi connectivity index (χ0) is 20.0. The van der Waals surface area contributed by atoms with Crippen LogP contribution in [0.5, 0.6) is 5.75 Å². The quantitative estimate of drug-likeness (QED) is 0.583. The molecule has 2 aromatic carbocycles. The number of hydrogen-bond acceptors (Lipinski definition) is 6. The maximum absolute atomic E-state index is 12.4. The van der Waals surface area contributed by atoms with Crippen molar-refractivity contribution in [1.29, 1.82) is 0 Å². The van der Waals surface area contributed by atoms with Crippen LogP contribution < -0.4 is 9.46 Å². The summed E-state index contributed by atoms with van der Waals surface area (Å²) in [5.74, 6) is 0.457. The molecule has 0 spiro atoms. The fourth-order valence-corrected chi connectivity index (χ4v) is 3.54. The van der Waals surface area contributed by atoms with Crippen molar-refractivity contribution in [2.24, 2.45) is 0 Å². The van der Waals surface area contributed by atoms with Crippen LogP contribution in [0.2, 0.25) is 0 Å². The maximum atomic E-state index is 12.4. The minimum Gasteiger partial charge on any atom is -0.496 e. The smallest absolute Gasteiger partial charge is 0.338 e. The molecule has 28 heavy (non-hydrogen) atoms. The Kier molecular flexibility index (Phi) is 6.13. The second kappa shape index (κ2) is 8.73. The van der Waals surface area contributed by atoms with Gasteiger partial charge in [0.1, 0.15) is 18.1 Å². The molecule has 0 unspecified atom stereocenters. The molecule has 1 heterocycles. The Balaban J connectivity index is 1.68. The zero-order valence-corrected chi connectivity index (χ0v) is 15.9. The lowest BCUT2D eigenvalue weighted by molar-refractivity contribution is 0.0470. The molecule has 7 nitrogen and oxygen atoms in total. The molecule has 0 atom stereocenters. The second-order valence-corrected chi connectivity index (χ2v) is 7.59. The first kappa shape index (κ1) is 19.7. The number of esters is 1. The third-order valence-electron chi connectivity index (χ3n) is 3.95. The summed E-state index contributed by atoms with van der Waals surface area (Å²) in [4.78, 5) is 12.3. The Bertz CT molecular complexity index is 1040. The molecule has 1 N–H and O–H groups in total. The fraction of sp³-hybridized carbons (Fsp3) is 0.150. The van der Waals surface area contributed by atoms with E-state index in [9.17, 15) is 13.2 Å². The van der Waals surface area contributed by atoms with Crippen molar-refractivity contribution in [1.82, 2.24) is 4.72 Å². The summed E-state index contributed by atoms with van der Waals surface area (Å²) in [6, 6.07) is 16.2. The highest BCUT2D eigenvalue weighted by atomic mass is 32.2. The fourth-order valence-electron chi connectivity index (χ4n) is 2.50. The standard InChI is InChI=1S/C20H19NO6S/c1-25-19-10-3-2-6-16(19)14-27-20(22)15-7-4-9-18(12-15)28(23,24)21-13-17-8-5-11-26-17/h2-12,21H,13-14H2,1H3.